The van der Waals surface area contributed by atoms with Crippen LogP contribution in [0.25, 0.3) is 0 Å². The van der Waals surface area contributed by atoms with Crippen LogP contribution in [0, 0.1) is 13.8 Å². The molecule has 144 valence electrons. The van der Waals surface area contributed by atoms with Gasteiger partial charge in [-0.1, -0.05) is 18.2 Å². The summed E-state index contributed by atoms with van der Waals surface area (Å²) in [6.45, 7) is 4.76. The van der Waals surface area contributed by atoms with Gasteiger partial charge in [0, 0.05) is 32.7 Å². The molecule has 0 saturated carbocycles. The number of anilines is 1. The molecule has 0 fully saturated rings. The summed E-state index contributed by atoms with van der Waals surface area (Å²) in [4.78, 5) is 14.8. The maximum absolute atomic E-state index is 12.7. The lowest BCUT2D eigenvalue weighted by Gasteiger charge is -2.18. The van der Waals surface area contributed by atoms with Crippen LogP contribution in [0.1, 0.15) is 28.7 Å². The van der Waals surface area contributed by atoms with Crippen LogP contribution in [-0.4, -0.2) is 39.3 Å². The van der Waals surface area contributed by atoms with Gasteiger partial charge in [0.05, 0.1) is 4.90 Å². The highest BCUT2D eigenvalue weighted by molar-refractivity contribution is 7.89. The lowest BCUT2D eigenvalue weighted by Crippen LogP contribution is -2.29. The fraction of sp³-hybridized carbons (Fsp3) is 0.381. The van der Waals surface area contributed by atoms with E-state index < -0.39 is 10.0 Å². The quantitative estimate of drug-likeness (QED) is 0.793. The summed E-state index contributed by atoms with van der Waals surface area (Å²) < 4.78 is 25.8. The van der Waals surface area contributed by atoms with E-state index in [-0.39, 0.29) is 10.8 Å². The first-order valence-corrected chi connectivity index (χ1v) is 10.6. The van der Waals surface area contributed by atoms with Crippen LogP contribution >= 0.6 is 0 Å². The van der Waals surface area contributed by atoms with Crippen molar-refractivity contribution in [2.24, 2.45) is 0 Å². The van der Waals surface area contributed by atoms with Crippen molar-refractivity contribution in [2.75, 3.05) is 25.5 Å². The van der Waals surface area contributed by atoms with Crippen LogP contribution in [-0.2, 0) is 27.7 Å². The molecular weight excluding hydrogens is 360 g/mol. The Kier molecular flexibility index (Phi) is 5.40. The molecule has 1 aliphatic heterocycles. The molecule has 2 aromatic carbocycles. The molecule has 27 heavy (non-hydrogen) atoms. The van der Waals surface area contributed by atoms with Crippen molar-refractivity contribution in [3.8, 4) is 0 Å². The largest absolute Gasteiger partial charge is 0.312 e. The Bertz CT molecular complexity index is 981. The summed E-state index contributed by atoms with van der Waals surface area (Å²) in [7, 11) is -0.422. The summed E-state index contributed by atoms with van der Waals surface area (Å²) in [6.07, 6.45) is 1.83. The average Bonchev–Trinajstić information content (AvgIpc) is 3.05. The first kappa shape index (κ1) is 19.6. The van der Waals surface area contributed by atoms with Crippen LogP contribution in [0.15, 0.2) is 41.3 Å². The van der Waals surface area contributed by atoms with Crippen LogP contribution in [0.2, 0.25) is 0 Å². The van der Waals surface area contributed by atoms with Gasteiger partial charge in [-0.2, -0.15) is 0 Å². The SMILES string of the molecule is Cc1ccc(CCC(=O)N2CCc3cc(S(=O)(=O)N(C)C)ccc32)cc1C. The second-order valence-corrected chi connectivity index (χ2v) is 9.44. The van der Waals surface area contributed by atoms with Crippen molar-refractivity contribution in [1.29, 1.82) is 0 Å². The Morgan fingerprint density at radius 3 is 2.48 bits per heavy atom. The molecule has 1 amide bonds. The van der Waals surface area contributed by atoms with E-state index >= 15 is 0 Å². The average molecular weight is 387 g/mol. The molecule has 0 bridgehead atoms. The number of rotatable bonds is 5. The van der Waals surface area contributed by atoms with Crippen molar-refractivity contribution >= 4 is 21.6 Å². The summed E-state index contributed by atoms with van der Waals surface area (Å²) >= 11 is 0. The number of hydrogen-bond acceptors (Lipinski definition) is 3. The summed E-state index contributed by atoms with van der Waals surface area (Å²) in [5.74, 6) is 0.0789. The van der Waals surface area contributed by atoms with Gasteiger partial charge >= 0.3 is 0 Å². The van der Waals surface area contributed by atoms with Crippen LogP contribution in [0.4, 0.5) is 5.69 Å². The standard InChI is InChI=1S/C21H26N2O3S/c1-15-5-6-17(13-16(15)2)7-10-21(24)23-12-11-18-14-19(8-9-20(18)23)27(25,26)22(3)4/h5-6,8-9,13-14H,7,10-12H2,1-4H3. The number of benzene rings is 2. The second kappa shape index (κ2) is 7.44. The Morgan fingerprint density at radius 1 is 1.07 bits per heavy atom. The van der Waals surface area contributed by atoms with Crippen molar-refractivity contribution in [3.63, 3.8) is 0 Å². The molecule has 1 aliphatic rings. The zero-order valence-electron chi connectivity index (χ0n) is 16.3. The number of fused-ring (bicyclic) bond motifs is 1. The molecule has 0 aliphatic carbocycles. The van der Waals surface area contributed by atoms with Gasteiger partial charge in [0.2, 0.25) is 15.9 Å². The van der Waals surface area contributed by atoms with Gasteiger partial charge in [-0.25, -0.2) is 12.7 Å². The minimum absolute atomic E-state index is 0.0789. The maximum Gasteiger partial charge on any atom is 0.242 e. The molecule has 0 N–H and O–H groups in total. The lowest BCUT2D eigenvalue weighted by molar-refractivity contribution is -0.118. The molecule has 0 atom stereocenters. The fourth-order valence-electron chi connectivity index (χ4n) is 3.35. The fourth-order valence-corrected chi connectivity index (χ4v) is 4.31. The van der Waals surface area contributed by atoms with E-state index in [0.717, 1.165) is 11.3 Å². The van der Waals surface area contributed by atoms with Gasteiger partial charge in [0.25, 0.3) is 0 Å². The van der Waals surface area contributed by atoms with Crippen molar-refractivity contribution < 1.29 is 13.2 Å². The third-order valence-corrected chi connectivity index (χ3v) is 7.04. The third kappa shape index (κ3) is 3.92. The van der Waals surface area contributed by atoms with E-state index in [1.165, 1.54) is 35.1 Å². The highest BCUT2D eigenvalue weighted by Crippen LogP contribution is 2.31. The van der Waals surface area contributed by atoms with Gasteiger partial charge in [0.1, 0.15) is 0 Å². The summed E-state index contributed by atoms with van der Waals surface area (Å²) in [5.41, 5.74) is 5.40. The Hall–Kier alpha value is -2.18. The first-order valence-electron chi connectivity index (χ1n) is 9.12. The topological polar surface area (TPSA) is 57.7 Å². The van der Waals surface area contributed by atoms with Crippen molar-refractivity contribution in [3.05, 3.63) is 58.7 Å². The summed E-state index contributed by atoms with van der Waals surface area (Å²) in [6, 6.07) is 11.3. The lowest BCUT2D eigenvalue weighted by atomic mass is 10.0. The van der Waals surface area contributed by atoms with E-state index in [9.17, 15) is 13.2 Å². The van der Waals surface area contributed by atoms with E-state index in [1.807, 2.05) is 0 Å². The van der Waals surface area contributed by atoms with Gasteiger partial charge in [-0.3, -0.25) is 4.79 Å². The van der Waals surface area contributed by atoms with Crippen molar-refractivity contribution in [2.45, 2.75) is 38.0 Å². The Balaban J connectivity index is 1.73. The Labute approximate surface area is 161 Å². The normalized spacial score (nSPS) is 13.9. The molecule has 0 spiro atoms. The van der Waals surface area contributed by atoms with Crippen LogP contribution in [0.3, 0.4) is 0 Å². The molecule has 0 saturated heterocycles. The molecule has 5 nitrogen and oxygen atoms in total. The van der Waals surface area contributed by atoms with Gasteiger partial charge < -0.3 is 4.90 Å². The van der Waals surface area contributed by atoms with Gasteiger partial charge in [0.15, 0.2) is 0 Å². The number of aryl methyl sites for hydroxylation is 3. The number of sulfonamides is 1. The third-order valence-electron chi connectivity index (χ3n) is 5.22. The predicted molar refractivity (Wildman–Crippen MR) is 108 cm³/mol. The van der Waals surface area contributed by atoms with Crippen LogP contribution in [0.5, 0.6) is 0 Å². The molecule has 2 aromatic rings. The van der Waals surface area contributed by atoms with E-state index in [4.69, 9.17) is 0 Å². The highest BCUT2D eigenvalue weighted by Gasteiger charge is 2.27. The first-order chi connectivity index (χ1) is 12.7. The van der Waals surface area contributed by atoms with E-state index in [2.05, 4.69) is 32.0 Å². The van der Waals surface area contributed by atoms with Crippen molar-refractivity contribution in [1.82, 2.24) is 4.31 Å². The molecule has 6 heteroatoms. The minimum atomic E-state index is -3.46. The molecular formula is C21H26N2O3S. The number of carbonyl (C=O) groups is 1. The van der Waals surface area contributed by atoms with E-state index in [1.54, 1.807) is 23.1 Å². The second-order valence-electron chi connectivity index (χ2n) is 7.29. The predicted octanol–water partition coefficient (Wildman–Crippen LogP) is 3.08. The molecule has 0 unspecified atom stereocenters. The van der Waals surface area contributed by atoms with E-state index in [0.29, 0.717) is 25.8 Å². The minimum Gasteiger partial charge on any atom is -0.312 e. The molecule has 0 aromatic heterocycles. The zero-order valence-corrected chi connectivity index (χ0v) is 17.1. The number of hydrogen-bond donors (Lipinski definition) is 0. The number of amides is 1. The smallest absolute Gasteiger partial charge is 0.242 e. The molecule has 3 rings (SSSR count). The van der Waals surface area contributed by atoms with Crippen LogP contribution < -0.4 is 4.90 Å². The number of nitrogens with zero attached hydrogens (tertiary/aromatic N) is 2. The molecule has 1 heterocycles. The molecule has 0 radical (unpaired) electrons. The zero-order chi connectivity index (χ0) is 19.8. The number of carbonyl (C=O) groups excluding carboxylic acids is 1. The highest BCUT2D eigenvalue weighted by atomic mass is 32.2. The summed E-state index contributed by atoms with van der Waals surface area (Å²) in [5, 5.41) is 0. The monoisotopic (exact) mass is 386 g/mol. The Morgan fingerprint density at radius 2 is 1.81 bits per heavy atom. The van der Waals surface area contributed by atoms with Gasteiger partial charge in [-0.05, 0) is 67.1 Å². The maximum atomic E-state index is 12.7. The van der Waals surface area contributed by atoms with Gasteiger partial charge in [-0.15, -0.1) is 0 Å².